The molecule has 0 saturated carbocycles. The summed E-state index contributed by atoms with van der Waals surface area (Å²) in [7, 11) is -0.873. The molecule has 0 aromatic heterocycles. The number of benzene rings is 1. The molecular weight excluding hydrogens is 218 g/mol. The molecule has 2 nitrogen and oxygen atoms in total. The minimum absolute atomic E-state index is 0.237. The van der Waals surface area contributed by atoms with E-state index in [0.717, 1.165) is 18.4 Å². The first-order chi connectivity index (χ1) is 7.77. The third kappa shape index (κ3) is 4.16. The largest absolute Gasteiger partial charge is 0.260 e. The van der Waals surface area contributed by atoms with Crippen molar-refractivity contribution in [2.75, 3.05) is 11.5 Å². The van der Waals surface area contributed by atoms with Gasteiger partial charge in [-0.2, -0.15) is 5.26 Å². The lowest BCUT2D eigenvalue weighted by molar-refractivity contribution is 0.677. The maximum atomic E-state index is 11.7. The molecule has 2 atom stereocenters. The van der Waals surface area contributed by atoms with Crippen molar-refractivity contribution in [1.82, 2.24) is 0 Å². The second-order valence-electron chi connectivity index (χ2n) is 3.76. The smallest absolute Gasteiger partial charge is 0.0827 e. The van der Waals surface area contributed by atoms with Crippen molar-refractivity contribution in [3.8, 4) is 6.07 Å². The first-order valence-electron chi connectivity index (χ1n) is 5.57. The first kappa shape index (κ1) is 12.9. The second kappa shape index (κ2) is 7.19. The molecule has 0 aliphatic heterocycles. The fraction of sp³-hybridized carbons (Fsp3) is 0.462. The van der Waals surface area contributed by atoms with E-state index in [1.54, 1.807) is 0 Å². The van der Waals surface area contributed by atoms with Crippen LogP contribution in [0.15, 0.2) is 30.3 Å². The maximum absolute atomic E-state index is 11.7. The summed E-state index contributed by atoms with van der Waals surface area (Å²) in [6.45, 7) is 2.08. The predicted octanol–water partition coefficient (Wildman–Crippen LogP) is 2.84. The predicted molar refractivity (Wildman–Crippen MR) is 67.6 cm³/mol. The standard InChI is InChI=1S/C13H17NOS/c1-2-3-9-16(15)11-13(10-14)12-7-5-4-6-8-12/h4-8,13H,2-3,9,11H2,1H3. The van der Waals surface area contributed by atoms with Gasteiger partial charge in [0.1, 0.15) is 0 Å². The van der Waals surface area contributed by atoms with Gasteiger partial charge in [-0.1, -0.05) is 43.7 Å². The van der Waals surface area contributed by atoms with Gasteiger partial charge in [0.25, 0.3) is 0 Å². The lowest BCUT2D eigenvalue weighted by Crippen LogP contribution is -2.10. The maximum Gasteiger partial charge on any atom is 0.0827 e. The van der Waals surface area contributed by atoms with E-state index in [0.29, 0.717) is 11.5 Å². The number of unbranched alkanes of at least 4 members (excludes halogenated alkanes) is 1. The molecule has 86 valence electrons. The Balaban J connectivity index is 2.57. The SMILES string of the molecule is CCCCS(=O)CC(C#N)c1ccccc1. The Hall–Kier alpha value is -1.14. The van der Waals surface area contributed by atoms with Crippen molar-refractivity contribution in [3.63, 3.8) is 0 Å². The van der Waals surface area contributed by atoms with E-state index < -0.39 is 10.8 Å². The van der Waals surface area contributed by atoms with E-state index in [2.05, 4.69) is 13.0 Å². The zero-order valence-corrected chi connectivity index (χ0v) is 10.4. The summed E-state index contributed by atoms with van der Waals surface area (Å²) in [5.74, 6) is 0.932. The molecule has 2 unspecified atom stereocenters. The van der Waals surface area contributed by atoms with Crippen LogP contribution >= 0.6 is 0 Å². The average molecular weight is 235 g/mol. The van der Waals surface area contributed by atoms with Crippen LogP contribution < -0.4 is 0 Å². The Morgan fingerprint density at radius 2 is 2.06 bits per heavy atom. The Morgan fingerprint density at radius 3 is 2.62 bits per heavy atom. The van der Waals surface area contributed by atoms with Crippen LogP contribution in [0.1, 0.15) is 31.2 Å². The zero-order chi connectivity index (χ0) is 11.8. The third-order valence-electron chi connectivity index (χ3n) is 2.44. The van der Waals surface area contributed by atoms with E-state index in [1.165, 1.54) is 0 Å². The van der Waals surface area contributed by atoms with Crippen LogP contribution in [-0.2, 0) is 10.8 Å². The molecule has 0 aliphatic carbocycles. The van der Waals surface area contributed by atoms with E-state index >= 15 is 0 Å². The minimum atomic E-state index is -0.873. The van der Waals surface area contributed by atoms with E-state index in [-0.39, 0.29) is 5.92 Å². The highest BCUT2D eigenvalue weighted by atomic mass is 32.2. The highest BCUT2D eigenvalue weighted by molar-refractivity contribution is 7.85. The Kier molecular flexibility index (Phi) is 5.81. The molecule has 0 radical (unpaired) electrons. The van der Waals surface area contributed by atoms with Gasteiger partial charge in [-0.05, 0) is 12.0 Å². The van der Waals surface area contributed by atoms with Gasteiger partial charge in [0.15, 0.2) is 0 Å². The van der Waals surface area contributed by atoms with Crippen LogP contribution in [0, 0.1) is 11.3 Å². The van der Waals surface area contributed by atoms with Gasteiger partial charge < -0.3 is 0 Å². The van der Waals surface area contributed by atoms with Crippen molar-refractivity contribution >= 4 is 10.8 Å². The molecular formula is C13H17NOS. The molecule has 0 fully saturated rings. The van der Waals surface area contributed by atoms with Gasteiger partial charge in [-0.25, -0.2) is 0 Å². The van der Waals surface area contributed by atoms with Crippen molar-refractivity contribution in [3.05, 3.63) is 35.9 Å². The summed E-state index contributed by atoms with van der Waals surface area (Å²) >= 11 is 0. The highest BCUT2D eigenvalue weighted by Gasteiger charge is 2.13. The number of nitriles is 1. The van der Waals surface area contributed by atoms with Crippen molar-refractivity contribution in [1.29, 1.82) is 5.26 Å². The van der Waals surface area contributed by atoms with E-state index in [1.807, 2.05) is 30.3 Å². The Morgan fingerprint density at radius 1 is 1.38 bits per heavy atom. The quantitative estimate of drug-likeness (QED) is 0.760. The molecule has 0 spiro atoms. The lowest BCUT2D eigenvalue weighted by atomic mass is 10.0. The molecule has 0 bridgehead atoms. The molecule has 0 aliphatic rings. The molecule has 0 heterocycles. The first-order valence-corrected chi connectivity index (χ1v) is 7.06. The number of hydrogen-bond donors (Lipinski definition) is 0. The number of rotatable bonds is 6. The summed E-state index contributed by atoms with van der Waals surface area (Å²) in [6, 6.07) is 11.8. The van der Waals surface area contributed by atoms with Crippen LogP contribution in [0.2, 0.25) is 0 Å². The summed E-state index contributed by atoms with van der Waals surface area (Å²) in [4.78, 5) is 0. The fourth-order valence-electron chi connectivity index (χ4n) is 1.47. The molecule has 1 aromatic rings. The average Bonchev–Trinajstić information content (AvgIpc) is 2.34. The third-order valence-corrected chi connectivity index (χ3v) is 3.89. The van der Waals surface area contributed by atoms with Gasteiger partial charge in [-0.3, -0.25) is 4.21 Å². The van der Waals surface area contributed by atoms with Crippen LogP contribution in [-0.4, -0.2) is 15.7 Å². The summed E-state index contributed by atoms with van der Waals surface area (Å²) in [5, 5.41) is 9.07. The topological polar surface area (TPSA) is 40.9 Å². The number of hydrogen-bond acceptors (Lipinski definition) is 2. The van der Waals surface area contributed by atoms with E-state index in [4.69, 9.17) is 5.26 Å². The molecule has 1 aromatic carbocycles. The van der Waals surface area contributed by atoms with Gasteiger partial charge in [0.05, 0.1) is 12.0 Å². The molecule has 3 heteroatoms. The van der Waals surface area contributed by atoms with Crippen molar-refractivity contribution in [2.45, 2.75) is 25.7 Å². The van der Waals surface area contributed by atoms with Crippen LogP contribution in [0.5, 0.6) is 0 Å². The van der Waals surface area contributed by atoms with E-state index in [9.17, 15) is 4.21 Å². The second-order valence-corrected chi connectivity index (χ2v) is 5.38. The monoisotopic (exact) mass is 235 g/mol. The van der Waals surface area contributed by atoms with Gasteiger partial charge in [-0.15, -0.1) is 0 Å². The minimum Gasteiger partial charge on any atom is -0.260 e. The van der Waals surface area contributed by atoms with Crippen molar-refractivity contribution in [2.24, 2.45) is 0 Å². The van der Waals surface area contributed by atoms with Crippen LogP contribution in [0.3, 0.4) is 0 Å². The molecule has 1 rings (SSSR count). The summed E-state index contributed by atoms with van der Waals surface area (Å²) in [5.41, 5.74) is 0.967. The van der Waals surface area contributed by atoms with Gasteiger partial charge in [0.2, 0.25) is 0 Å². The lowest BCUT2D eigenvalue weighted by Gasteiger charge is -2.08. The molecule has 16 heavy (non-hydrogen) atoms. The molecule has 0 saturated heterocycles. The Labute approximate surface area is 99.8 Å². The fourth-order valence-corrected chi connectivity index (χ4v) is 2.88. The number of nitrogens with zero attached hydrogens (tertiary/aromatic N) is 1. The Bertz CT molecular complexity index is 369. The van der Waals surface area contributed by atoms with Gasteiger partial charge >= 0.3 is 0 Å². The van der Waals surface area contributed by atoms with Crippen LogP contribution in [0.4, 0.5) is 0 Å². The van der Waals surface area contributed by atoms with Crippen molar-refractivity contribution < 1.29 is 4.21 Å². The normalized spacial score (nSPS) is 14.0. The summed E-state index contributed by atoms with van der Waals surface area (Å²) in [6.07, 6.45) is 2.02. The zero-order valence-electron chi connectivity index (χ0n) is 9.56. The highest BCUT2D eigenvalue weighted by Crippen LogP contribution is 2.16. The molecule has 0 amide bonds. The van der Waals surface area contributed by atoms with Gasteiger partial charge in [0, 0.05) is 22.3 Å². The molecule has 0 N–H and O–H groups in total. The van der Waals surface area contributed by atoms with Crippen LogP contribution in [0.25, 0.3) is 0 Å². The summed E-state index contributed by atoms with van der Waals surface area (Å²) < 4.78 is 11.7.